The van der Waals surface area contributed by atoms with Crippen molar-refractivity contribution in [1.29, 1.82) is 0 Å². The van der Waals surface area contributed by atoms with Gasteiger partial charge in [0.2, 0.25) is 0 Å². The Kier molecular flexibility index (Phi) is 5.94. The molecule has 0 aliphatic carbocycles. The van der Waals surface area contributed by atoms with E-state index in [1.54, 1.807) is 11.8 Å². The fourth-order valence-corrected chi connectivity index (χ4v) is 3.20. The second-order valence-electron chi connectivity index (χ2n) is 5.45. The first kappa shape index (κ1) is 17.1. The van der Waals surface area contributed by atoms with E-state index in [9.17, 15) is 0 Å². The van der Waals surface area contributed by atoms with Crippen LogP contribution in [-0.4, -0.2) is 34.7 Å². The maximum Gasteiger partial charge on any atom is 0.166 e. The zero-order valence-corrected chi connectivity index (χ0v) is 15.2. The Labute approximate surface area is 152 Å². The highest BCUT2D eigenvalue weighted by atomic mass is 35.5. The lowest BCUT2D eigenvalue weighted by molar-refractivity contribution is 0.306. The summed E-state index contributed by atoms with van der Waals surface area (Å²) in [4.78, 5) is 12.0. The Balaban J connectivity index is 1.99. The van der Waals surface area contributed by atoms with Crippen LogP contribution >= 0.6 is 23.4 Å². The van der Waals surface area contributed by atoms with E-state index >= 15 is 0 Å². The van der Waals surface area contributed by atoms with Crippen LogP contribution in [-0.2, 0) is 0 Å². The van der Waals surface area contributed by atoms with E-state index in [2.05, 4.69) is 11.8 Å². The third kappa shape index (κ3) is 4.40. The Hall–Kier alpha value is -1.78. The maximum absolute atomic E-state index is 5.97. The number of benzene rings is 2. The lowest BCUT2D eigenvalue weighted by Crippen LogP contribution is -2.41. The molecule has 0 saturated carbocycles. The summed E-state index contributed by atoms with van der Waals surface area (Å²) in [6, 6.07) is 17.6. The van der Waals surface area contributed by atoms with Gasteiger partial charge in [-0.3, -0.25) is 0 Å². The maximum atomic E-state index is 5.97. The zero-order valence-electron chi connectivity index (χ0n) is 13.7. The van der Waals surface area contributed by atoms with Crippen LogP contribution in [0.3, 0.4) is 0 Å². The van der Waals surface area contributed by atoms with Gasteiger partial charge in [0.25, 0.3) is 0 Å². The van der Waals surface area contributed by atoms with Crippen LogP contribution < -0.4 is 0 Å². The number of halogens is 1. The second kappa shape index (κ2) is 8.36. The summed E-state index contributed by atoms with van der Waals surface area (Å²) >= 11 is 7.74. The van der Waals surface area contributed by atoms with Crippen molar-refractivity contribution < 1.29 is 0 Å². The first-order valence-corrected chi connectivity index (χ1v) is 9.48. The standard InChI is InChI=1S/C19H20ClN3S/c1-2-24-19(23-13-6-14-23)22-18(15-7-4-3-5-8-15)21-17-11-9-16(20)10-12-17/h3-5,7-12H,2,6,13-14H2,1H3. The number of nitrogens with zero attached hydrogens (tertiary/aromatic N) is 3. The van der Waals surface area contributed by atoms with Crippen molar-refractivity contribution in [3.05, 3.63) is 65.2 Å². The smallest absolute Gasteiger partial charge is 0.166 e. The monoisotopic (exact) mass is 357 g/mol. The molecule has 124 valence electrons. The molecular formula is C19H20ClN3S. The minimum atomic E-state index is 0.710. The van der Waals surface area contributed by atoms with Crippen molar-refractivity contribution in [2.24, 2.45) is 9.98 Å². The summed E-state index contributed by atoms with van der Waals surface area (Å²) in [5, 5.41) is 1.77. The van der Waals surface area contributed by atoms with Crippen molar-refractivity contribution in [1.82, 2.24) is 4.90 Å². The Morgan fingerprint density at radius 2 is 1.79 bits per heavy atom. The Morgan fingerprint density at radius 1 is 1.08 bits per heavy atom. The van der Waals surface area contributed by atoms with Gasteiger partial charge in [-0.2, -0.15) is 0 Å². The quantitative estimate of drug-likeness (QED) is 0.555. The van der Waals surface area contributed by atoms with Gasteiger partial charge in [0.1, 0.15) is 0 Å². The molecule has 1 fully saturated rings. The molecule has 1 saturated heterocycles. The second-order valence-corrected chi connectivity index (χ2v) is 7.11. The van der Waals surface area contributed by atoms with E-state index < -0.39 is 0 Å². The summed E-state index contributed by atoms with van der Waals surface area (Å²) in [6.45, 7) is 4.31. The molecule has 1 aliphatic heterocycles. The topological polar surface area (TPSA) is 28.0 Å². The lowest BCUT2D eigenvalue weighted by Gasteiger charge is -2.33. The first-order chi connectivity index (χ1) is 11.8. The molecule has 0 amide bonds. The van der Waals surface area contributed by atoms with Crippen LogP contribution in [0, 0.1) is 0 Å². The van der Waals surface area contributed by atoms with Crippen LogP contribution in [0.4, 0.5) is 5.69 Å². The van der Waals surface area contributed by atoms with Crippen LogP contribution in [0.25, 0.3) is 0 Å². The van der Waals surface area contributed by atoms with Crippen LogP contribution in [0.1, 0.15) is 18.9 Å². The number of hydrogen-bond donors (Lipinski definition) is 0. The average molecular weight is 358 g/mol. The minimum absolute atomic E-state index is 0.710. The summed E-state index contributed by atoms with van der Waals surface area (Å²) in [5.74, 6) is 1.74. The highest BCUT2D eigenvalue weighted by Gasteiger charge is 2.19. The molecule has 0 spiro atoms. The molecule has 1 heterocycles. The molecule has 2 aromatic rings. The summed E-state index contributed by atoms with van der Waals surface area (Å²) in [7, 11) is 0. The molecule has 2 aromatic carbocycles. The minimum Gasteiger partial charge on any atom is -0.351 e. The van der Waals surface area contributed by atoms with Crippen molar-refractivity contribution in [3.8, 4) is 0 Å². The van der Waals surface area contributed by atoms with Gasteiger partial charge in [0.05, 0.1) is 5.69 Å². The van der Waals surface area contributed by atoms with Crippen molar-refractivity contribution >= 4 is 40.1 Å². The van der Waals surface area contributed by atoms with Gasteiger partial charge >= 0.3 is 0 Å². The predicted octanol–water partition coefficient (Wildman–Crippen LogP) is 5.23. The van der Waals surface area contributed by atoms with E-state index in [1.807, 2.05) is 54.6 Å². The molecular weight excluding hydrogens is 338 g/mol. The fourth-order valence-electron chi connectivity index (χ4n) is 2.30. The van der Waals surface area contributed by atoms with E-state index in [0.717, 1.165) is 41.1 Å². The van der Waals surface area contributed by atoms with Gasteiger partial charge in [-0.05, 0) is 36.4 Å². The van der Waals surface area contributed by atoms with Crippen LogP contribution in [0.15, 0.2) is 64.6 Å². The third-order valence-electron chi connectivity index (χ3n) is 3.70. The molecule has 0 aromatic heterocycles. The highest BCUT2D eigenvalue weighted by molar-refractivity contribution is 8.13. The number of rotatable bonds is 3. The third-order valence-corrected chi connectivity index (χ3v) is 4.84. The zero-order chi connectivity index (χ0) is 16.8. The molecule has 0 bridgehead atoms. The normalized spacial score (nSPS) is 15.3. The molecule has 0 atom stereocenters. The van der Waals surface area contributed by atoms with Gasteiger partial charge in [-0.15, -0.1) is 0 Å². The number of amidine groups is 2. The molecule has 0 N–H and O–H groups in total. The number of hydrogen-bond acceptors (Lipinski definition) is 2. The molecule has 3 nitrogen and oxygen atoms in total. The van der Waals surface area contributed by atoms with Gasteiger partial charge in [0, 0.05) is 23.7 Å². The Morgan fingerprint density at radius 3 is 2.38 bits per heavy atom. The summed E-state index contributed by atoms with van der Waals surface area (Å²) < 4.78 is 0. The van der Waals surface area contributed by atoms with Crippen LogP contribution in [0.5, 0.6) is 0 Å². The SMILES string of the molecule is CCSC(=NC(=Nc1ccc(Cl)cc1)c1ccccc1)N1CCC1. The molecule has 5 heteroatoms. The summed E-state index contributed by atoms with van der Waals surface area (Å²) in [5.41, 5.74) is 1.87. The van der Waals surface area contributed by atoms with Gasteiger partial charge < -0.3 is 4.90 Å². The number of aliphatic imine (C=N–C) groups is 2. The first-order valence-electron chi connectivity index (χ1n) is 8.12. The van der Waals surface area contributed by atoms with Gasteiger partial charge in [0.15, 0.2) is 11.0 Å². The highest BCUT2D eigenvalue weighted by Crippen LogP contribution is 2.21. The van der Waals surface area contributed by atoms with Gasteiger partial charge in [-0.1, -0.05) is 60.6 Å². The van der Waals surface area contributed by atoms with Crippen molar-refractivity contribution in [3.63, 3.8) is 0 Å². The van der Waals surface area contributed by atoms with E-state index in [-0.39, 0.29) is 0 Å². The van der Waals surface area contributed by atoms with E-state index in [1.165, 1.54) is 6.42 Å². The lowest BCUT2D eigenvalue weighted by atomic mass is 10.2. The number of likely N-dealkylation sites (tertiary alicyclic amines) is 1. The predicted molar refractivity (Wildman–Crippen MR) is 106 cm³/mol. The van der Waals surface area contributed by atoms with E-state index in [0.29, 0.717) is 5.02 Å². The van der Waals surface area contributed by atoms with Crippen molar-refractivity contribution in [2.45, 2.75) is 13.3 Å². The van der Waals surface area contributed by atoms with Crippen molar-refractivity contribution in [2.75, 3.05) is 18.8 Å². The molecule has 3 rings (SSSR count). The summed E-state index contributed by atoms with van der Waals surface area (Å²) in [6.07, 6.45) is 1.23. The largest absolute Gasteiger partial charge is 0.351 e. The van der Waals surface area contributed by atoms with Crippen LogP contribution in [0.2, 0.25) is 5.02 Å². The molecule has 1 aliphatic rings. The molecule has 0 unspecified atom stereocenters. The van der Waals surface area contributed by atoms with Gasteiger partial charge in [-0.25, -0.2) is 9.98 Å². The average Bonchev–Trinajstić information content (AvgIpc) is 2.55. The Bertz CT molecular complexity index is 722. The van der Waals surface area contributed by atoms with E-state index in [4.69, 9.17) is 21.6 Å². The molecule has 0 radical (unpaired) electrons. The molecule has 24 heavy (non-hydrogen) atoms. The number of thioether (sulfide) groups is 1. The fraction of sp³-hybridized carbons (Fsp3) is 0.263.